The monoisotopic (exact) mass is 453 g/mol. The minimum atomic E-state index is -3.37. The third-order valence-electron chi connectivity index (χ3n) is 5.14. The predicted octanol–water partition coefficient (Wildman–Crippen LogP) is 2.99. The Morgan fingerprint density at radius 1 is 0.900 bits per heavy atom. The van der Waals surface area contributed by atoms with Crippen LogP contribution in [0.5, 0.6) is 0 Å². The summed E-state index contributed by atoms with van der Waals surface area (Å²) in [5, 5.41) is 11.4. The Bertz CT molecular complexity index is 858. The Balaban J connectivity index is 1.45. The quantitative estimate of drug-likeness (QED) is 0.410. The second kappa shape index (κ2) is 10.9. The normalized spacial score (nSPS) is 19.4. The molecule has 0 aromatic carbocycles. The van der Waals surface area contributed by atoms with Crippen LogP contribution in [0.15, 0.2) is 21.7 Å². The molecule has 0 unspecified atom stereocenters. The van der Waals surface area contributed by atoms with Gasteiger partial charge in [-0.05, 0) is 62.8 Å². The van der Waals surface area contributed by atoms with E-state index in [0.29, 0.717) is 40.4 Å². The van der Waals surface area contributed by atoms with Crippen molar-refractivity contribution in [2.45, 2.75) is 43.7 Å². The van der Waals surface area contributed by atoms with Gasteiger partial charge in [-0.3, -0.25) is 0 Å². The highest BCUT2D eigenvalue weighted by Crippen LogP contribution is 2.29. The van der Waals surface area contributed by atoms with E-state index in [1.807, 2.05) is 13.8 Å². The van der Waals surface area contributed by atoms with Gasteiger partial charge >= 0.3 is 0 Å². The number of sulfonamides is 1. The first-order chi connectivity index (χ1) is 14.5. The van der Waals surface area contributed by atoms with Crippen molar-refractivity contribution in [3.63, 3.8) is 0 Å². The highest BCUT2D eigenvalue weighted by molar-refractivity contribution is 7.91. The van der Waals surface area contributed by atoms with Crippen molar-refractivity contribution in [2.24, 2.45) is 11.8 Å². The molecule has 0 bridgehead atoms. The minimum absolute atomic E-state index is 0.381. The molecule has 11 heteroatoms. The minimum Gasteiger partial charge on any atom is -0.354 e. The van der Waals surface area contributed by atoms with Gasteiger partial charge in [0.1, 0.15) is 4.21 Å². The van der Waals surface area contributed by atoms with Gasteiger partial charge in [0, 0.05) is 26.2 Å². The van der Waals surface area contributed by atoms with Crippen LogP contribution in [-0.4, -0.2) is 49.5 Å². The Morgan fingerprint density at radius 3 is 1.93 bits per heavy atom. The van der Waals surface area contributed by atoms with Crippen molar-refractivity contribution in [1.29, 1.82) is 0 Å². The molecule has 2 aromatic heterocycles. The van der Waals surface area contributed by atoms with Gasteiger partial charge in [-0.15, -0.1) is 11.3 Å². The number of aromatic nitrogens is 3. The van der Waals surface area contributed by atoms with Crippen LogP contribution in [0.4, 0.5) is 17.8 Å². The second-order valence-corrected chi connectivity index (χ2v) is 10.4. The lowest BCUT2D eigenvalue weighted by atomic mass is 9.82. The number of rotatable bonds is 11. The first-order valence-electron chi connectivity index (χ1n) is 10.5. The lowest BCUT2D eigenvalue weighted by Crippen LogP contribution is -2.32. The van der Waals surface area contributed by atoms with Gasteiger partial charge in [-0.1, -0.05) is 6.07 Å². The fourth-order valence-corrected chi connectivity index (χ4v) is 5.67. The molecule has 1 saturated carbocycles. The summed E-state index contributed by atoms with van der Waals surface area (Å²) in [5.41, 5.74) is 0. The molecule has 0 atom stereocenters. The molecule has 30 heavy (non-hydrogen) atoms. The molecule has 0 aliphatic heterocycles. The number of hydrogen-bond donors (Lipinski definition) is 4. The van der Waals surface area contributed by atoms with E-state index in [0.717, 1.165) is 45.3 Å². The zero-order chi connectivity index (χ0) is 21.4. The Kier molecular flexibility index (Phi) is 8.23. The molecule has 2 aromatic rings. The van der Waals surface area contributed by atoms with E-state index in [9.17, 15) is 8.42 Å². The van der Waals surface area contributed by atoms with Gasteiger partial charge in [0.2, 0.25) is 27.9 Å². The maximum atomic E-state index is 12.3. The maximum absolute atomic E-state index is 12.3. The Labute approximate surface area is 182 Å². The third-order valence-corrected chi connectivity index (χ3v) is 7.96. The largest absolute Gasteiger partial charge is 0.354 e. The molecule has 166 valence electrons. The van der Waals surface area contributed by atoms with Gasteiger partial charge < -0.3 is 16.0 Å². The van der Waals surface area contributed by atoms with Crippen molar-refractivity contribution >= 4 is 39.2 Å². The van der Waals surface area contributed by atoms with Crippen LogP contribution in [0, 0.1) is 11.8 Å². The Hall–Kier alpha value is -1.98. The van der Waals surface area contributed by atoms with Crippen molar-refractivity contribution < 1.29 is 8.42 Å². The molecule has 1 aliphatic rings. The predicted molar refractivity (Wildman–Crippen MR) is 122 cm³/mol. The number of thiophene rings is 1. The van der Waals surface area contributed by atoms with E-state index in [1.54, 1.807) is 17.5 Å². The van der Waals surface area contributed by atoms with Crippen LogP contribution >= 0.6 is 11.3 Å². The topological polar surface area (TPSA) is 121 Å². The SMILES string of the molecule is CCNc1nc(NCC)nc(NCC2CCC(CNS(=O)(=O)c3cccs3)CC2)n1. The number of anilines is 3. The van der Waals surface area contributed by atoms with Crippen LogP contribution in [0.1, 0.15) is 39.5 Å². The van der Waals surface area contributed by atoms with Gasteiger partial charge in [-0.2, -0.15) is 15.0 Å². The van der Waals surface area contributed by atoms with Crippen LogP contribution in [0.3, 0.4) is 0 Å². The summed E-state index contributed by atoms with van der Waals surface area (Å²) in [5.74, 6) is 2.61. The van der Waals surface area contributed by atoms with Crippen LogP contribution in [0.25, 0.3) is 0 Å². The third kappa shape index (κ3) is 6.51. The summed E-state index contributed by atoms with van der Waals surface area (Å²) in [7, 11) is -3.37. The first kappa shape index (κ1) is 22.7. The molecule has 0 amide bonds. The van der Waals surface area contributed by atoms with Crippen molar-refractivity contribution in [2.75, 3.05) is 42.1 Å². The van der Waals surface area contributed by atoms with Gasteiger partial charge in [-0.25, -0.2) is 13.1 Å². The zero-order valence-electron chi connectivity index (χ0n) is 17.5. The standard InChI is InChI=1S/C19H31N7O2S2/c1-3-20-17-24-18(21-4-2)26-19(25-17)22-12-14-7-9-15(10-8-14)13-23-30(27,28)16-6-5-11-29-16/h5-6,11,14-15,23H,3-4,7-10,12-13H2,1-2H3,(H3,20,21,22,24,25,26). The van der Waals surface area contributed by atoms with E-state index < -0.39 is 10.0 Å². The summed E-state index contributed by atoms with van der Waals surface area (Å²) >= 11 is 1.25. The molecule has 1 aliphatic carbocycles. The molecule has 0 saturated heterocycles. The lowest BCUT2D eigenvalue weighted by Gasteiger charge is -2.28. The fraction of sp³-hybridized carbons (Fsp3) is 0.632. The molecule has 0 spiro atoms. The molecule has 1 fully saturated rings. The summed E-state index contributed by atoms with van der Waals surface area (Å²) in [4.78, 5) is 13.2. The van der Waals surface area contributed by atoms with E-state index in [1.165, 1.54) is 11.3 Å². The van der Waals surface area contributed by atoms with Gasteiger partial charge in [0.25, 0.3) is 0 Å². The average molecular weight is 454 g/mol. The Morgan fingerprint density at radius 2 is 1.43 bits per heavy atom. The molecule has 2 heterocycles. The van der Waals surface area contributed by atoms with Crippen molar-refractivity contribution in [3.8, 4) is 0 Å². The first-order valence-corrected chi connectivity index (χ1v) is 12.9. The number of nitrogens with zero attached hydrogens (tertiary/aromatic N) is 3. The molecular formula is C19H31N7O2S2. The maximum Gasteiger partial charge on any atom is 0.250 e. The highest BCUT2D eigenvalue weighted by atomic mass is 32.2. The van der Waals surface area contributed by atoms with Gasteiger partial charge in [0.05, 0.1) is 0 Å². The van der Waals surface area contributed by atoms with E-state index in [2.05, 4.69) is 35.6 Å². The second-order valence-electron chi connectivity index (χ2n) is 7.42. The lowest BCUT2D eigenvalue weighted by molar-refractivity contribution is 0.284. The molecule has 0 radical (unpaired) electrons. The van der Waals surface area contributed by atoms with E-state index in [-0.39, 0.29) is 0 Å². The average Bonchev–Trinajstić information content (AvgIpc) is 3.28. The molecule has 9 nitrogen and oxygen atoms in total. The summed E-state index contributed by atoms with van der Waals surface area (Å²) in [6, 6.07) is 3.39. The van der Waals surface area contributed by atoms with Crippen LogP contribution < -0.4 is 20.7 Å². The van der Waals surface area contributed by atoms with E-state index in [4.69, 9.17) is 0 Å². The number of hydrogen-bond acceptors (Lipinski definition) is 9. The molecular weight excluding hydrogens is 422 g/mol. The number of nitrogens with one attached hydrogen (secondary N) is 4. The molecule has 4 N–H and O–H groups in total. The van der Waals surface area contributed by atoms with Gasteiger partial charge in [0.15, 0.2) is 0 Å². The van der Waals surface area contributed by atoms with Crippen molar-refractivity contribution in [1.82, 2.24) is 19.7 Å². The fourth-order valence-electron chi connectivity index (χ4n) is 3.52. The smallest absolute Gasteiger partial charge is 0.250 e. The van der Waals surface area contributed by atoms with Crippen molar-refractivity contribution in [3.05, 3.63) is 17.5 Å². The summed E-state index contributed by atoms with van der Waals surface area (Å²) < 4.78 is 27.7. The zero-order valence-corrected chi connectivity index (χ0v) is 19.2. The van der Waals surface area contributed by atoms with Crippen LogP contribution in [-0.2, 0) is 10.0 Å². The molecule has 3 rings (SSSR count). The van der Waals surface area contributed by atoms with Crippen LogP contribution in [0.2, 0.25) is 0 Å². The van der Waals surface area contributed by atoms with E-state index >= 15 is 0 Å². The summed E-state index contributed by atoms with van der Waals surface area (Å²) in [6.07, 6.45) is 4.15. The summed E-state index contributed by atoms with van der Waals surface area (Å²) in [6.45, 7) is 6.80. The highest BCUT2D eigenvalue weighted by Gasteiger charge is 2.24.